The third kappa shape index (κ3) is 1.95. The highest BCUT2D eigenvalue weighted by Gasteiger charge is 2.31. The van der Waals surface area contributed by atoms with Gasteiger partial charge in [-0.15, -0.1) is 0 Å². The maximum Gasteiger partial charge on any atom is 0.416 e. The standard InChI is InChI=1S/C8H6F3N5/c9-8(10,11)5-1-6(12)15-7(2-5)16-4-13-3-14-16/h1-4H,(H2,12,15). The summed E-state index contributed by atoms with van der Waals surface area (Å²) in [6, 6.07) is 1.62. The van der Waals surface area contributed by atoms with E-state index in [4.69, 9.17) is 5.73 Å². The fourth-order valence-corrected chi connectivity index (χ4v) is 1.14. The van der Waals surface area contributed by atoms with E-state index < -0.39 is 11.7 Å². The van der Waals surface area contributed by atoms with E-state index in [0.717, 1.165) is 16.8 Å². The number of nitrogen functional groups attached to an aromatic ring is 1. The Morgan fingerprint density at radius 1 is 1.25 bits per heavy atom. The van der Waals surface area contributed by atoms with E-state index in [0.29, 0.717) is 0 Å². The number of hydrogen-bond donors (Lipinski definition) is 1. The van der Waals surface area contributed by atoms with Crippen molar-refractivity contribution < 1.29 is 13.2 Å². The van der Waals surface area contributed by atoms with Gasteiger partial charge in [-0.3, -0.25) is 0 Å². The summed E-state index contributed by atoms with van der Waals surface area (Å²) in [6.07, 6.45) is -2.04. The maximum absolute atomic E-state index is 12.5. The molecule has 0 aliphatic carbocycles. The van der Waals surface area contributed by atoms with Crippen LogP contribution in [0.25, 0.3) is 5.82 Å². The van der Waals surface area contributed by atoms with Crippen molar-refractivity contribution in [3.63, 3.8) is 0 Å². The zero-order chi connectivity index (χ0) is 11.8. The molecule has 0 fully saturated rings. The molecule has 2 aromatic heterocycles. The summed E-state index contributed by atoms with van der Waals surface area (Å²) in [5, 5.41) is 3.67. The largest absolute Gasteiger partial charge is 0.416 e. The summed E-state index contributed by atoms with van der Waals surface area (Å²) in [7, 11) is 0. The molecule has 0 spiro atoms. The number of pyridine rings is 1. The minimum absolute atomic E-state index is 0.0233. The van der Waals surface area contributed by atoms with E-state index in [1.165, 1.54) is 12.7 Å². The minimum atomic E-state index is -4.47. The molecule has 0 saturated heterocycles. The summed E-state index contributed by atoms with van der Waals surface area (Å²) < 4.78 is 38.5. The number of rotatable bonds is 1. The van der Waals surface area contributed by atoms with Crippen molar-refractivity contribution in [1.82, 2.24) is 19.7 Å². The molecule has 8 heteroatoms. The van der Waals surface area contributed by atoms with Crippen molar-refractivity contribution in [3.05, 3.63) is 30.4 Å². The van der Waals surface area contributed by atoms with Crippen LogP contribution in [-0.4, -0.2) is 19.7 Å². The van der Waals surface area contributed by atoms with Crippen LogP contribution in [0.5, 0.6) is 0 Å². The van der Waals surface area contributed by atoms with Crippen LogP contribution in [-0.2, 0) is 6.18 Å². The second-order valence-corrected chi connectivity index (χ2v) is 2.98. The summed E-state index contributed by atoms with van der Waals surface area (Å²) in [4.78, 5) is 7.34. The first-order chi connectivity index (χ1) is 7.47. The first-order valence-electron chi connectivity index (χ1n) is 4.16. The molecule has 2 heterocycles. The third-order valence-corrected chi connectivity index (χ3v) is 1.81. The number of aromatic nitrogens is 4. The molecule has 0 saturated carbocycles. The highest BCUT2D eigenvalue weighted by molar-refractivity contribution is 5.41. The van der Waals surface area contributed by atoms with Crippen LogP contribution in [0.1, 0.15) is 5.56 Å². The van der Waals surface area contributed by atoms with Gasteiger partial charge in [0, 0.05) is 0 Å². The molecular weight excluding hydrogens is 223 g/mol. The predicted octanol–water partition coefficient (Wildman–Crippen LogP) is 1.26. The Kier molecular flexibility index (Phi) is 2.26. The second kappa shape index (κ2) is 3.47. The fourth-order valence-electron chi connectivity index (χ4n) is 1.14. The van der Waals surface area contributed by atoms with Gasteiger partial charge in [-0.1, -0.05) is 0 Å². The van der Waals surface area contributed by atoms with Crippen molar-refractivity contribution in [2.75, 3.05) is 5.73 Å². The molecule has 0 radical (unpaired) electrons. The van der Waals surface area contributed by atoms with E-state index >= 15 is 0 Å². The maximum atomic E-state index is 12.5. The zero-order valence-electron chi connectivity index (χ0n) is 7.81. The Morgan fingerprint density at radius 3 is 2.56 bits per heavy atom. The normalized spacial score (nSPS) is 11.7. The summed E-state index contributed by atoms with van der Waals surface area (Å²) in [6.45, 7) is 0. The molecule has 0 atom stereocenters. The number of nitrogens with zero attached hydrogens (tertiary/aromatic N) is 4. The van der Waals surface area contributed by atoms with Gasteiger partial charge in [-0.2, -0.15) is 18.3 Å². The van der Waals surface area contributed by atoms with Gasteiger partial charge in [0.1, 0.15) is 18.5 Å². The second-order valence-electron chi connectivity index (χ2n) is 2.98. The number of halogens is 3. The quantitative estimate of drug-likeness (QED) is 0.799. The van der Waals surface area contributed by atoms with Gasteiger partial charge >= 0.3 is 6.18 Å². The van der Waals surface area contributed by atoms with Crippen LogP contribution in [0.3, 0.4) is 0 Å². The van der Waals surface area contributed by atoms with Gasteiger partial charge in [0.2, 0.25) is 0 Å². The highest BCUT2D eigenvalue weighted by Crippen LogP contribution is 2.30. The van der Waals surface area contributed by atoms with E-state index in [-0.39, 0.29) is 11.6 Å². The summed E-state index contributed by atoms with van der Waals surface area (Å²) in [5.41, 5.74) is 4.42. The Balaban J connectivity index is 2.53. The van der Waals surface area contributed by atoms with Gasteiger partial charge in [-0.05, 0) is 12.1 Å². The van der Waals surface area contributed by atoms with E-state index in [9.17, 15) is 13.2 Å². The molecule has 84 valence electrons. The number of alkyl halides is 3. The summed E-state index contributed by atoms with van der Waals surface area (Å²) in [5.74, 6) is -0.245. The van der Waals surface area contributed by atoms with Crippen LogP contribution < -0.4 is 5.73 Å². The van der Waals surface area contributed by atoms with Gasteiger partial charge in [0.15, 0.2) is 5.82 Å². The fraction of sp³-hybridized carbons (Fsp3) is 0.125. The molecule has 0 bridgehead atoms. The molecule has 2 N–H and O–H groups in total. The monoisotopic (exact) mass is 229 g/mol. The SMILES string of the molecule is Nc1cc(C(F)(F)F)cc(-n2cncn2)n1. The van der Waals surface area contributed by atoms with E-state index in [1.54, 1.807) is 0 Å². The highest BCUT2D eigenvalue weighted by atomic mass is 19.4. The van der Waals surface area contributed by atoms with Gasteiger partial charge in [0.25, 0.3) is 0 Å². The Labute approximate surface area is 87.7 Å². The predicted molar refractivity (Wildman–Crippen MR) is 48.6 cm³/mol. The molecular formula is C8H6F3N5. The lowest BCUT2D eigenvalue weighted by Gasteiger charge is -2.09. The third-order valence-electron chi connectivity index (χ3n) is 1.81. The average Bonchev–Trinajstić information content (AvgIpc) is 2.68. The van der Waals surface area contributed by atoms with Crippen LogP contribution in [0, 0.1) is 0 Å². The van der Waals surface area contributed by atoms with Crippen molar-refractivity contribution in [3.8, 4) is 5.82 Å². The first-order valence-corrected chi connectivity index (χ1v) is 4.16. The van der Waals surface area contributed by atoms with Crippen LogP contribution in [0.4, 0.5) is 19.0 Å². The molecule has 0 unspecified atom stereocenters. The number of nitrogens with two attached hydrogens (primary N) is 1. The molecule has 16 heavy (non-hydrogen) atoms. The molecule has 0 aliphatic rings. The van der Waals surface area contributed by atoms with Crippen LogP contribution >= 0.6 is 0 Å². The lowest BCUT2D eigenvalue weighted by atomic mass is 10.2. The van der Waals surface area contributed by atoms with Crippen LogP contribution in [0.15, 0.2) is 24.8 Å². The molecule has 0 aromatic carbocycles. The van der Waals surface area contributed by atoms with E-state index in [1.807, 2.05) is 0 Å². The van der Waals surface area contributed by atoms with Crippen molar-refractivity contribution in [2.45, 2.75) is 6.18 Å². The van der Waals surface area contributed by atoms with Crippen LogP contribution in [0.2, 0.25) is 0 Å². The summed E-state index contributed by atoms with van der Waals surface area (Å²) >= 11 is 0. The van der Waals surface area contributed by atoms with E-state index in [2.05, 4.69) is 15.1 Å². The minimum Gasteiger partial charge on any atom is -0.384 e. The first kappa shape index (κ1) is 10.4. The van der Waals surface area contributed by atoms with Crippen molar-refractivity contribution in [2.24, 2.45) is 0 Å². The Morgan fingerprint density at radius 2 is 2.00 bits per heavy atom. The van der Waals surface area contributed by atoms with Crippen molar-refractivity contribution in [1.29, 1.82) is 0 Å². The van der Waals surface area contributed by atoms with Gasteiger partial charge in [-0.25, -0.2) is 14.6 Å². The molecule has 2 rings (SSSR count). The zero-order valence-corrected chi connectivity index (χ0v) is 7.81. The number of hydrogen-bond acceptors (Lipinski definition) is 4. The van der Waals surface area contributed by atoms with Gasteiger partial charge in [0.05, 0.1) is 5.56 Å². The van der Waals surface area contributed by atoms with Crippen molar-refractivity contribution >= 4 is 5.82 Å². The Bertz CT molecular complexity index is 491. The average molecular weight is 229 g/mol. The molecule has 0 aliphatic heterocycles. The molecule has 5 nitrogen and oxygen atoms in total. The number of anilines is 1. The molecule has 0 amide bonds. The topological polar surface area (TPSA) is 69.6 Å². The smallest absolute Gasteiger partial charge is 0.384 e. The molecule has 2 aromatic rings. The van der Waals surface area contributed by atoms with Gasteiger partial charge < -0.3 is 5.73 Å². The lowest BCUT2D eigenvalue weighted by molar-refractivity contribution is -0.137. The Hall–Kier alpha value is -2.12. The lowest BCUT2D eigenvalue weighted by Crippen LogP contribution is -2.09.